The van der Waals surface area contributed by atoms with Gasteiger partial charge in [0.2, 0.25) is 5.91 Å². The van der Waals surface area contributed by atoms with E-state index in [1.54, 1.807) is 12.5 Å². The third kappa shape index (κ3) is 6.23. The van der Waals surface area contributed by atoms with Crippen LogP contribution in [0.25, 0.3) is 0 Å². The van der Waals surface area contributed by atoms with Crippen LogP contribution in [0.3, 0.4) is 0 Å². The van der Waals surface area contributed by atoms with Crippen LogP contribution in [0.1, 0.15) is 43.4 Å². The molecular weight excluding hydrogens is 376 g/mol. The summed E-state index contributed by atoms with van der Waals surface area (Å²) in [4.78, 5) is 28.5. The average molecular weight is 403 g/mol. The van der Waals surface area contributed by atoms with Gasteiger partial charge in [0.25, 0.3) is 0 Å². The van der Waals surface area contributed by atoms with Gasteiger partial charge in [0.05, 0.1) is 19.2 Å². The van der Waals surface area contributed by atoms with Gasteiger partial charge in [0, 0.05) is 18.0 Å². The summed E-state index contributed by atoms with van der Waals surface area (Å²) in [5, 5.41) is 10.9. The van der Waals surface area contributed by atoms with Crippen LogP contribution in [0, 0.1) is 0 Å². The number of carbonyl (C=O) groups is 2. The zero-order chi connectivity index (χ0) is 19.8. The number of thiazole rings is 1. The van der Waals surface area contributed by atoms with Crippen LogP contribution >= 0.6 is 11.3 Å². The van der Waals surface area contributed by atoms with Gasteiger partial charge in [0.1, 0.15) is 5.75 Å². The van der Waals surface area contributed by atoms with E-state index in [1.807, 2.05) is 24.3 Å². The molecule has 150 valence electrons. The minimum absolute atomic E-state index is 0.112. The summed E-state index contributed by atoms with van der Waals surface area (Å²) in [5.41, 5.74) is 1.64. The van der Waals surface area contributed by atoms with Crippen molar-refractivity contribution in [1.29, 1.82) is 0 Å². The van der Waals surface area contributed by atoms with Crippen molar-refractivity contribution in [3.8, 4) is 5.75 Å². The van der Waals surface area contributed by atoms with Gasteiger partial charge in [-0.05, 0) is 30.5 Å². The molecule has 1 fully saturated rings. The minimum Gasteiger partial charge on any atom is -0.497 e. The predicted molar refractivity (Wildman–Crippen MR) is 110 cm³/mol. The fraction of sp³-hybridized carbons (Fsp3) is 0.450. The Morgan fingerprint density at radius 3 is 2.64 bits per heavy atom. The Bertz CT molecular complexity index is 785. The van der Waals surface area contributed by atoms with E-state index in [9.17, 15) is 9.59 Å². The molecule has 3 N–H and O–H groups in total. The number of hydrogen-bond acceptors (Lipinski definition) is 5. The molecule has 0 saturated heterocycles. The quantitative estimate of drug-likeness (QED) is 0.661. The van der Waals surface area contributed by atoms with Crippen molar-refractivity contribution < 1.29 is 14.3 Å². The van der Waals surface area contributed by atoms with Gasteiger partial charge in [-0.1, -0.05) is 31.4 Å². The molecule has 1 aromatic carbocycles. The Kier molecular flexibility index (Phi) is 7.25. The van der Waals surface area contributed by atoms with E-state index in [0.717, 1.165) is 37.0 Å². The predicted octanol–water partition coefficient (Wildman–Crippen LogP) is 3.46. The Morgan fingerprint density at radius 1 is 1.18 bits per heavy atom. The standard InChI is InChI=1S/C20H26N4O3S/c1-27-17-9-7-14(8-10-17)12-21-18(25)11-16-13-28-20(23-16)24-19(26)22-15-5-3-2-4-6-15/h7-10,13,15H,2-6,11-12H2,1H3,(H,21,25)(H2,22,23,24,26). The first-order chi connectivity index (χ1) is 13.6. The first-order valence-corrected chi connectivity index (χ1v) is 10.4. The molecule has 0 unspecified atom stereocenters. The highest BCUT2D eigenvalue weighted by Crippen LogP contribution is 2.19. The van der Waals surface area contributed by atoms with Gasteiger partial charge >= 0.3 is 6.03 Å². The van der Waals surface area contributed by atoms with E-state index in [2.05, 4.69) is 20.9 Å². The number of methoxy groups -OCH3 is 1. The van der Waals surface area contributed by atoms with Crippen molar-refractivity contribution in [2.24, 2.45) is 0 Å². The molecule has 7 nitrogen and oxygen atoms in total. The molecule has 1 aliphatic rings. The molecule has 1 saturated carbocycles. The first kappa shape index (κ1) is 20.1. The van der Waals surface area contributed by atoms with E-state index < -0.39 is 0 Å². The topological polar surface area (TPSA) is 92.4 Å². The molecular formula is C20H26N4O3S. The van der Waals surface area contributed by atoms with E-state index in [-0.39, 0.29) is 24.4 Å². The molecule has 28 heavy (non-hydrogen) atoms. The summed E-state index contributed by atoms with van der Waals surface area (Å²) in [5.74, 6) is 0.671. The summed E-state index contributed by atoms with van der Waals surface area (Å²) in [6, 6.07) is 7.56. The number of amides is 3. The number of rotatable bonds is 7. The largest absolute Gasteiger partial charge is 0.497 e. The second kappa shape index (κ2) is 10.1. The second-order valence-corrected chi connectivity index (χ2v) is 7.74. The van der Waals surface area contributed by atoms with Crippen molar-refractivity contribution in [2.75, 3.05) is 12.4 Å². The zero-order valence-corrected chi connectivity index (χ0v) is 16.8. The summed E-state index contributed by atoms with van der Waals surface area (Å²) in [6.07, 6.45) is 5.82. The Morgan fingerprint density at radius 2 is 1.93 bits per heavy atom. The molecule has 0 aliphatic heterocycles. The number of hydrogen-bond donors (Lipinski definition) is 3. The number of anilines is 1. The molecule has 0 bridgehead atoms. The molecule has 3 amide bonds. The normalized spacial score (nSPS) is 14.3. The highest BCUT2D eigenvalue weighted by Gasteiger charge is 2.16. The lowest BCUT2D eigenvalue weighted by Crippen LogP contribution is -2.39. The number of nitrogens with one attached hydrogen (secondary N) is 3. The van der Waals surface area contributed by atoms with Gasteiger partial charge < -0.3 is 15.4 Å². The van der Waals surface area contributed by atoms with Gasteiger partial charge in [-0.3, -0.25) is 10.1 Å². The van der Waals surface area contributed by atoms with Crippen LogP contribution in [0.2, 0.25) is 0 Å². The maximum atomic E-state index is 12.1. The molecule has 8 heteroatoms. The van der Waals surface area contributed by atoms with E-state index >= 15 is 0 Å². The number of urea groups is 1. The zero-order valence-electron chi connectivity index (χ0n) is 16.0. The van der Waals surface area contributed by atoms with E-state index in [0.29, 0.717) is 17.4 Å². The van der Waals surface area contributed by atoms with E-state index in [4.69, 9.17) is 4.74 Å². The van der Waals surface area contributed by atoms with Crippen molar-refractivity contribution >= 4 is 28.4 Å². The molecule has 1 aliphatic carbocycles. The second-order valence-electron chi connectivity index (χ2n) is 6.88. The maximum absolute atomic E-state index is 12.1. The number of benzene rings is 1. The van der Waals surface area contributed by atoms with Crippen molar-refractivity contribution in [3.05, 3.63) is 40.9 Å². The van der Waals surface area contributed by atoms with Crippen LogP contribution in [-0.4, -0.2) is 30.1 Å². The Labute approximate surface area is 168 Å². The number of carbonyl (C=O) groups excluding carboxylic acids is 2. The monoisotopic (exact) mass is 402 g/mol. The SMILES string of the molecule is COc1ccc(CNC(=O)Cc2csc(NC(=O)NC3CCCCC3)n2)cc1. The van der Waals surface area contributed by atoms with Crippen LogP contribution in [-0.2, 0) is 17.8 Å². The lowest BCUT2D eigenvalue weighted by Gasteiger charge is -2.22. The first-order valence-electron chi connectivity index (χ1n) is 9.54. The Balaban J connectivity index is 1.41. The third-order valence-electron chi connectivity index (χ3n) is 4.70. The number of ether oxygens (including phenoxy) is 1. The fourth-order valence-corrected chi connectivity index (χ4v) is 3.89. The molecule has 0 atom stereocenters. The summed E-state index contributed by atoms with van der Waals surface area (Å²) in [6.45, 7) is 0.446. The third-order valence-corrected chi connectivity index (χ3v) is 5.51. The number of nitrogens with zero attached hydrogens (tertiary/aromatic N) is 1. The molecule has 3 rings (SSSR count). The lowest BCUT2D eigenvalue weighted by molar-refractivity contribution is -0.120. The Hall–Kier alpha value is -2.61. The molecule has 1 aromatic heterocycles. The van der Waals surface area contributed by atoms with Crippen LogP contribution in [0.5, 0.6) is 5.75 Å². The molecule has 2 aromatic rings. The van der Waals surface area contributed by atoms with Crippen LogP contribution < -0.4 is 20.7 Å². The molecule has 0 spiro atoms. The highest BCUT2D eigenvalue weighted by atomic mass is 32.1. The summed E-state index contributed by atoms with van der Waals surface area (Å²) < 4.78 is 5.12. The van der Waals surface area contributed by atoms with Gasteiger partial charge in [-0.2, -0.15) is 0 Å². The lowest BCUT2D eigenvalue weighted by atomic mass is 9.96. The summed E-state index contributed by atoms with van der Waals surface area (Å²) in [7, 11) is 1.62. The van der Waals surface area contributed by atoms with Crippen LogP contribution in [0.4, 0.5) is 9.93 Å². The summed E-state index contributed by atoms with van der Waals surface area (Å²) >= 11 is 1.32. The van der Waals surface area contributed by atoms with Crippen LogP contribution in [0.15, 0.2) is 29.6 Å². The van der Waals surface area contributed by atoms with Crippen molar-refractivity contribution in [3.63, 3.8) is 0 Å². The molecule has 1 heterocycles. The van der Waals surface area contributed by atoms with Crippen molar-refractivity contribution in [2.45, 2.75) is 51.1 Å². The fourth-order valence-electron chi connectivity index (χ4n) is 3.18. The van der Waals surface area contributed by atoms with Gasteiger partial charge in [-0.15, -0.1) is 11.3 Å². The number of aromatic nitrogens is 1. The average Bonchev–Trinajstić information content (AvgIpc) is 3.14. The highest BCUT2D eigenvalue weighted by molar-refractivity contribution is 7.13. The van der Waals surface area contributed by atoms with Gasteiger partial charge in [0.15, 0.2) is 5.13 Å². The van der Waals surface area contributed by atoms with E-state index in [1.165, 1.54) is 17.8 Å². The molecule has 0 radical (unpaired) electrons. The van der Waals surface area contributed by atoms with Crippen molar-refractivity contribution in [1.82, 2.24) is 15.6 Å². The smallest absolute Gasteiger partial charge is 0.321 e. The van der Waals surface area contributed by atoms with Gasteiger partial charge in [-0.25, -0.2) is 9.78 Å². The minimum atomic E-state index is -0.225. The maximum Gasteiger partial charge on any atom is 0.321 e.